The Morgan fingerprint density at radius 2 is 1.15 bits per heavy atom. The third-order valence-corrected chi connectivity index (χ3v) is 6.51. The lowest BCUT2D eigenvalue weighted by Crippen LogP contribution is -2.16. The summed E-state index contributed by atoms with van der Waals surface area (Å²) in [5.41, 5.74) is 3.86. The van der Waals surface area contributed by atoms with Crippen molar-refractivity contribution in [3.63, 3.8) is 0 Å². The Bertz CT molecular complexity index is 1600. The second kappa shape index (κ2) is 11.3. The quantitative estimate of drug-likeness (QED) is 0.221. The van der Waals surface area contributed by atoms with Crippen molar-refractivity contribution < 1.29 is 38.0 Å². The maximum absolute atomic E-state index is 13.4. The van der Waals surface area contributed by atoms with Crippen molar-refractivity contribution in [2.75, 3.05) is 33.8 Å². The van der Waals surface area contributed by atoms with Gasteiger partial charge in [-0.2, -0.15) is 0 Å². The molecule has 40 heavy (non-hydrogen) atoms. The molecule has 9 heteroatoms. The molecule has 9 nitrogen and oxygen atoms in total. The first kappa shape index (κ1) is 26.4. The first-order valence-electron chi connectivity index (χ1n) is 12.4. The molecule has 1 aliphatic rings. The van der Waals surface area contributed by atoms with Crippen LogP contribution < -0.4 is 33.7 Å². The van der Waals surface area contributed by atoms with E-state index in [1.165, 1.54) is 28.4 Å². The standard InChI is InChI=1S/C31H27NO8/c1-35-24-13-7-10-20(28(24)37-3)30(33)39-26-15-18-17-32-23-12-6-5-9-19(23)22(18)16-27(26)40-31(34)21-11-8-14-25(36-2)29(21)38-4/h5-16,32H,17H2,1-4H3. The maximum Gasteiger partial charge on any atom is 0.347 e. The van der Waals surface area contributed by atoms with E-state index in [0.29, 0.717) is 18.0 Å². The number of benzene rings is 4. The molecular weight excluding hydrogens is 514 g/mol. The Morgan fingerprint density at radius 3 is 1.70 bits per heavy atom. The predicted molar refractivity (Wildman–Crippen MR) is 148 cm³/mol. The smallest absolute Gasteiger partial charge is 0.347 e. The predicted octanol–water partition coefficient (Wildman–Crippen LogP) is 5.75. The first-order valence-corrected chi connectivity index (χ1v) is 12.4. The van der Waals surface area contributed by atoms with E-state index in [4.69, 9.17) is 28.4 Å². The summed E-state index contributed by atoms with van der Waals surface area (Å²) in [6.45, 7) is 0.483. The van der Waals surface area contributed by atoms with Crippen LogP contribution in [0.2, 0.25) is 0 Å². The number of esters is 2. The second-order valence-electron chi connectivity index (χ2n) is 8.72. The number of hydrogen-bond acceptors (Lipinski definition) is 9. The van der Waals surface area contributed by atoms with Crippen LogP contribution in [0, 0.1) is 0 Å². The highest BCUT2D eigenvalue weighted by Crippen LogP contribution is 2.43. The van der Waals surface area contributed by atoms with Gasteiger partial charge in [-0.15, -0.1) is 0 Å². The third kappa shape index (κ3) is 4.84. The fourth-order valence-corrected chi connectivity index (χ4v) is 4.63. The van der Waals surface area contributed by atoms with Gasteiger partial charge in [0.1, 0.15) is 11.1 Å². The van der Waals surface area contributed by atoms with Gasteiger partial charge in [0.15, 0.2) is 34.5 Å². The van der Waals surface area contributed by atoms with Crippen molar-refractivity contribution in [1.29, 1.82) is 0 Å². The van der Waals surface area contributed by atoms with Gasteiger partial charge < -0.3 is 33.7 Å². The van der Waals surface area contributed by atoms with E-state index in [2.05, 4.69) is 5.32 Å². The van der Waals surface area contributed by atoms with Gasteiger partial charge in [-0.1, -0.05) is 30.3 Å². The molecule has 0 saturated carbocycles. The number of anilines is 1. The zero-order valence-electron chi connectivity index (χ0n) is 22.4. The van der Waals surface area contributed by atoms with Crippen LogP contribution in [-0.2, 0) is 6.54 Å². The lowest BCUT2D eigenvalue weighted by atomic mass is 9.94. The Kier molecular flexibility index (Phi) is 7.46. The van der Waals surface area contributed by atoms with Gasteiger partial charge >= 0.3 is 11.9 Å². The van der Waals surface area contributed by atoms with Crippen LogP contribution in [0.15, 0.2) is 72.8 Å². The molecule has 0 unspecified atom stereocenters. The summed E-state index contributed by atoms with van der Waals surface area (Å²) in [4.78, 5) is 26.8. The highest BCUT2D eigenvalue weighted by Gasteiger charge is 2.26. The number of carbonyl (C=O) groups excluding carboxylic acids is 2. The van der Waals surface area contributed by atoms with Gasteiger partial charge in [-0.3, -0.25) is 0 Å². The molecule has 0 aliphatic carbocycles. The van der Waals surface area contributed by atoms with Crippen molar-refractivity contribution in [1.82, 2.24) is 0 Å². The first-order chi connectivity index (χ1) is 19.5. The molecule has 1 N–H and O–H groups in total. The molecule has 0 aromatic heterocycles. The van der Waals surface area contributed by atoms with E-state index in [9.17, 15) is 9.59 Å². The summed E-state index contributed by atoms with van der Waals surface area (Å²) in [6, 6.07) is 21.0. The number of para-hydroxylation sites is 3. The van der Waals surface area contributed by atoms with E-state index in [0.717, 1.165) is 22.4 Å². The van der Waals surface area contributed by atoms with Crippen LogP contribution in [-0.4, -0.2) is 40.4 Å². The molecule has 5 rings (SSSR count). The van der Waals surface area contributed by atoms with Crippen LogP contribution in [0.1, 0.15) is 26.3 Å². The molecular formula is C31H27NO8. The van der Waals surface area contributed by atoms with E-state index in [1.54, 1.807) is 48.5 Å². The van der Waals surface area contributed by atoms with Crippen molar-refractivity contribution in [3.8, 4) is 45.6 Å². The fourth-order valence-electron chi connectivity index (χ4n) is 4.63. The van der Waals surface area contributed by atoms with Crippen molar-refractivity contribution in [2.24, 2.45) is 0 Å². The minimum Gasteiger partial charge on any atom is -0.493 e. The molecule has 1 aliphatic heterocycles. The number of rotatable bonds is 8. The second-order valence-corrected chi connectivity index (χ2v) is 8.72. The molecule has 0 radical (unpaired) electrons. The minimum atomic E-state index is -0.714. The molecule has 1 heterocycles. The molecule has 0 fully saturated rings. The highest BCUT2D eigenvalue weighted by molar-refractivity contribution is 5.97. The van der Waals surface area contributed by atoms with Gasteiger partial charge in [0.2, 0.25) is 0 Å². The van der Waals surface area contributed by atoms with Crippen LogP contribution >= 0.6 is 0 Å². The number of hydrogen-bond donors (Lipinski definition) is 1. The lowest BCUT2D eigenvalue weighted by molar-refractivity contribution is 0.0678. The van der Waals surface area contributed by atoms with Crippen LogP contribution in [0.4, 0.5) is 5.69 Å². The van der Waals surface area contributed by atoms with Gasteiger partial charge in [0.25, 0.3) is 0 Å². The average molecular weight is 542 g/mol. The molecule has 0 atom stereocenters. The molecule has 0 amide bonds. The largest absolute Gasteiger partial charge is 0.493 e. The number of ether oxygens (including phenoxy) is 6. The van der Waals surface area contributed by atoms with Gasteiger partial charge in [0.05, 0.1) is 28.4 Å². The number of nitrogens with one attached hydrogen (secondary N) is 1. The van der Waals surface area contributed by atoms with E-state index in [1.807, 2.05) is 24.3 Å². The Morgan fingerprint density at radius 1 is 0.600 bits per heavy atom. The highest BCUT2D eigenvalue weighted by atomic mass is 16.6. The number of fused-ring (bicyclic) bond motifs is 3. The SMILES string of the molecule is COc1cccc(C(=O)Oc2cc3c(cc2OC(=O)c2cccc(OC)c2OC)-c2ccccc2NC3)c1OC. The molecule has 0 spiro atoms. The summed E-state index contributed by atoms with van der Waals surface area (Å²) in [5, 5.41) is 3.36. The van der Waals surface area contributed by atoms with Gasteiger partial charge in [-0.25, -0.2) is 9.59 Å². The molecule has 4 aromatic rings. The van der Waals surface area contributed by atoms with Gasteiger partial charge in [-0.05, 0) is 53.6 Å². The topological polar surface area (TPSA) is 102 Å². The zero-order valence-corrected chi connectivity index (χ0v) is 22.4. The number of methoxy groups -OCH3 is 4. The summed E-state index contributed by atoms with van der Waals surface area (Å²) in [7, 11) is 5.83. The third-order valence-electron chi connectivity index (χ3n) is 6.51. The maximum atomic E-state index is 13.4. The van der Waals surface area contributed by atoms with E-state index in [-0.39, 0.29) is 34.1 Å². The van der Waals surface area contributed by atoms with Crippen LogP contribution in [0.3, 0.4) is 0 Å². The summed E-state index contributed by atoms with van der Waals surface area (Å²) >= 11 is 0. The fraction of sp³-hybridized carbons (Fsp3) is 0.161. The molecule has 0 bridgehead atoms. The Balaban J connectivity index is 1.58. The average Bonchev–Trinajstić information content (AvgIpc) is 3.00. The lowest BCUT2D eigenvalue weighted by Gasteiger charge is -2.23. The van der Waals surface area contributed by atoms with Crippen LogP contribution in [0.5, 0.6) is 34.5 Å². The van der Waals surface area contributed by atoms with Crippen molar-refractivity contribution >= 4 is 17.6 Å². The molecule has 4 aromatic carbocycles. The zero-order chi connectivity index (χ0) is 28.2. The van der Waals surface area contributed by atoms with E-state index >= 15 is 0 Å². The Labute approximate surface area is 231 Å². The Hall–Kier alpha value is -5.18. The van der Waals surface area contributed by atoms with E-state index < -0.39 is 11.9 Å². The normalized spacial score (nSPS) is 11.3. The minimum absolute atomic E-state index is 0.0561. The number of carbonyl (C=O) groups is 2. The van der Waals surface area contributed by atoms with Crippen LogP contribution in [0.25, 0.3) is 11.1 Å². The van der Waals surface area contributed by atoms with Crippen molar-refractivity contribution in [3.05, 3.63) is 89.5 Å². The molecule has 0 saturated heterocycles. The van der Waals surface area contributed by atoms with Gasteiger partial charge in [0, 0.05) is 17.8 Å². The summed E-state index contributed by atoms with van der Waals surface area (Å²) in [6.07, 6.45) is 0. The summed E-state index contributed by atoms with van der Waals surface area (Å²) in [5.74, 6) is -0.111. The summed E-state index contributed by atoms with van der Waals surface area (Å²) < 4.78 is 33.2. The van der Waals surface area contributed by atoms with Crippen molar-refractivity contribution in [2.45, 2.75) is 6.54 Å². The molecule has 204 valence electrons. The monoisotopic (exact) mass is 541 g/mol.